The molecule has 0 aliphatic heterocycles. The summed E-state index contributed by atoms with van der Waals surface area (Å²) in [5.41, 5.74) is 7.79. The average Bonchev–Trinajstić information content (AvgIpc) is 2.05. The Hall–Kier alpha value is -1.62. The monoisotopic (exact) mass is 186 g/mol. The topological polar surface area (TPSA) is 64.4 Å². The van der Waals surface area contributed by atoms with Crippen molar-refractivity contribution < 1.29 is 14.3 Å². The van der Waals surface area contributed by atoms with Gasteiger partial charge in [-0.3, -0.25) is 9.54 Å². The maximum atomic E-state index is 10.2. The lowest BCUT2D eigenvalue weighted by atomic mass is 10.2. The van der Waals surface area contributed by atoms with Crippen LogP contribution < -0.4 is 11.2 Å². The quantitative estimate of drug-likeness (QED) is 0.690. The maximum absolute atomic E-state index is 10.2. The Morgan fingerprint density at radius 2 is 2.00 bits per heavy atom. The maximum Gasteiger partial charge on any atom is 0.336 e. The van der Waals surface area contributed by atoms with Crippen LogP contribution in [0.15, 0.2) is 30.3 Å². The molecule has 0 bridgehead atoms. The van der Waals surface area contributed by atoms with E-state index in [1.54, 1.807) is 0 Å². The summed E-state index contributed by atoms with van der Waals surface area (Å²) in [5.74, 6) is 0. The number of primary amides is 1. The lowest BCUT2D eigenvalue weighted by Crippen LogP contribution is -2.29. The number of nitrogens with two attached hydrogens (primary N) is 1. The Kier molecular flexibility index (Phi) is 5.22. The zero-order valence-corrected chi connectivity index (χ0v) is 6.90. The van der Waals surface area contributed by atoms with Crippen LogP contribution in [0.25, 0.3) is 0 Å². The van der Waals surface area contributed by atoms with E-state index in [9.17, 15) is 4.79 Å². The summed E-state index contributed by atoms with van der Waals surface area (Å²) < 4.78 is 0. The normalized spacial score (nSPS) is 8.62. The first-order valence-electron chi connectivity index (χ1n) is 3.50. The number of carbonyl (C=O) groups excluding carboxylic acids is 1. The molecule has 0 atom stereocenters. The summed E-state index contributed by atoms with van der Waals surface area (Å²) >= 11 is 0. The molecule has 2 amide bonds. The standard InChI is InChI=1S/C8H10N2O2.FH/c9-8(11)10-12-6-7-4-2-1-3-5-7;/h1-5H,6H2,(H3,9,10,11);1H. The van der Waals surface area contributed by atoms with Crippen LogP contribution in [0.4, 0.5) is 9.50 Å². The SMILES string of the molecule is F.NC(=O)NOCc1ccccc1. The van der Waals surface area contributed by atoms with Gasteiger partial charge in [-0.1, -0.05) is 30.3 Å². The van der Waals surface area contributed by atoms with E-state index in [0.717, 1.165) is 5.56 Å². The number of hydrogen-bond donors (Lipinski definition) is 2. The first-order chi connectivity index (χ1) is 5.79. The van der Waals surface area contributed by atoms with Crippen LogP contribution in [0.3, 0.4) is 0 Å². The minimum absolute atomic E-state index is 0. The van der Waals surface area contributed by atoms with E-state index < -0.39 is 6.03 Å². The summed E-state index contributed by atoms with van der Waals surface area (Å²) in [6.07, 6.45) is 0. The van der Waals surface area contributed by atoms with Gasteiger partial charge in [0, 0.05) is 0 Å². The minimum atomic E-state index is -0.689. The second-order valence-electron chi connectivity index (χ2n) is 2.24. The Labute approximate surface area is 75.0 Å². The fraction of sp³-hybridized carbons (Fsp3) is 0.125. The lowest BCUT2D eigenvalue weighted by Gasteiger charge is -2.01. The van der Waals surface area contributed by atoms with Crippen LogP contribution in [0.2, 0.25) is 0 Å². The van der Waals surface area contributed by atoms with Crippen LogP contribution in [-0.4, -0.2) is 6.03 Å². The average molecular weight is 186 g/mol. The van der Waals surface area contributed by atoms with Gasteiger partial charge in [0.05, 0.1) is 6.61 Å². The van der Waals surface area contributed by atoms with Crippen molar-refractivity contribution in [2.45, 2.75) is 6.61 Å². The largest absolute Gasteiger partial charge is 0.350 e. The van der Waals surface area contributed by atoms with E-state index in [1.165, 1.54) is 0 Å². The highest BCUT2D eigenvalue weighted by atomic mass is 19.0. The van der Waals surface area contributed by atoms with Gasteiger partial charge in [0.15, 0.2) is 0 Å². The summed E-state index contributed by atoms with van der Waals surface area (Å²) in [6.45, 7) is 0.323. The number of rotatable bonds is 3. The van der Waals surface area contributed by atoms with E-state index in [4.69, 9.17) is 10.6 Å². The third-order valence-electron chi connectivity index (χ3n) is 1.25. The van der Waals surface area contributed by atoms with Gasteiger partial charge < -0.3 is 5.73 Å². The van der Waals surface area contributed by atoms with E-state index in [0.29, 0.717) is 6.61 Å². The molecular formula is C8H11FN2O2. The van der Waals surface area contributed by atoms with Crippen molar-refractivity contribution in [3.05, 3.63) is 35.9 Å². The molecule has 0 saturated heterocycles. The molecule has 0 heterocycles. The van der Waals surface area contributed by atoms with E-state index in [-0.39, 0.29) is 4.70 Å². The van der Waals surface area contributed by atoms with Gasteiger partial charge in [-0.05, 0) is 5.56 Å². The zero-order chi connectivity index (χ0) is 8.81. The van der Waals surface area contributed by atoms with E-state index in [2.05, 4.69) is 0 Å². The summed E-state index contributed by atoms with van der Waals surface area (Å²) in [7, 11) is 0. The number of urea groups is 1. The predicted molar refractivity (Wildman–Crippen MR) is 46.5 cm³/mol. The molecule has 1 rings (SSSR count). The highest BCUT2D eigenvalue weighted by Crippen LogP contribution is 1.98. The van der Waals surface area contributed by atoms with Crippen molar-refractivity contribution in [3.8, 4) is 0 Å². The molecule has 0 aliphatic carbocycles. The van der Waals surface area contributed by atoms with Crippen LogP contribution in [0, 0.1) is 0 Å². The molecule has 0 spiro atoms. The first-order valence-corrected chi connectivity index (χ1v) is 3.50. The highest BCUT2D eigenvalue weighted by Gasteiger charge is 1.92. The predicted octanol–water partition coefficient (Wildman–Crippen LogP) is 0.939. The second kappa shape index (κ2) is 5.96. The summed E-state index contributed by atoms with van der Waals surface area (Å²) in [6, 6.07) is 8.79. The number of carbonyl (C=O) groups is 1. The lowest BCUT2D eigenvalue weighted by molar-refractivity contribution is 0.0521. The molecule has 4 nitrogen and oxygen atoms in total. The Morgan fingerprint density at radius 1 is 1.38 bits per heavy atom. The molecule has 0 aliphatic rings. The number of benzene rings is 1. The molecular weight excluding hydrogens is 175 g/mol. The minimum Gasteiger partial charge on any atom is -0.350 e. The van der Waals surface area contributed by atoms with Crippen molar-refractivity contribution in [2.24, 2.45) is 5.73 Å². The number of amides is 2. The Balaban J connectivity index is 0.00000144. The molecule has 5 heteroatoms. The number of hydroxylamine groups is 1. The Bertz CT molecular complexity index is 254. The van der Waals surface area contributed by atoms with Crippen LogP contribution in [-0.2, 0) is 11.4 Å². The number of halogens is 1. The molecule has 72 valence electrons. The van der Waals surface area contributed by atoms with Crippen LogP contribution in [0.1, 0.15) is 5.56 Å². The van der Waals surface area contributed by atoms with Crippen molar-refractivity contribution in [1.82, 2.24) is 5.48 Å². The van der Waals surface area contributed by atoms with Crippen LogP contribution in [0.5, 0.6) is 0 Å². The van der Waals surface area contributed by atoms with Gasteiger partial charge in [-0.25, -0.2) is 10.3 Å². The van der Waals surface area contributed by atoms with Crippen LogP contribution >= 0.6 is 0 Å². The number of nitrogens with one attached hydrogen (secondary N) is 1. The summed E-state index contributed by atoms with van der Waals surface area (Å²) in [5, 5.41) is 0. The van der Waals surface area contributed by atoms with Crippen molar-refractivity contribution in [1.29, 1.82) is 0 Å². The molecule has 0 aromatic heterocycles. The molecule has 13 heavy (non-hydrogen) atoms. The fourth-order valence-corrected chi connectivity index (χ4v) is 0.765. The zero-order valence-electron chi connectivity index (χ0n) is 6.90. The Morgan fingerprint density at radius 3 is 2.54 bits per heavy atom. The molecule has 0 saturated carbocycles. The third-order valence-corrected chi connectivity index (χ3v) is 1.25. The van der Waals surface area contributed by atoms with Gasteiger partial charge in [-0.15, -0.1) is 0 Å². The summed E-state index contributed by atoms with van der Waals surface area (Å²) in [4.78, 5) is 14.9. The van der Waals surface area contributed by atoms with Gasteiger partial charge in [0.1, 0.15) is 0 Å². The van der Waals surface area contributed by atoms with Gasteiger partial charge in [0.2, 0.25) is 0 Å². The smallest absolute Gasteiger partial charge is 0.336 e. The van der Waals surface area contributed by atoms with Crippen molar-refractivity contribution in [2.75, 3.05) is 0 Å². The molecule has 0 unspecified atom stereocenters. The van der Waals surface area contributed by atoms with Gasteiger partial charge in [0.25, 0.3) is 0 Å². The van der Waals surface area contributed by atoms with E-state index >= 15 is 0 Å². The molecule has 1 aromatic rings. The van der Waals surface area contributed by atoms with E-state index in [1.807, 2.05) is 35.8 Å². The fourth-order valence-electron chi connectivity index (χ4n) is 0.765. The molecule has 3 N–H and O–H groups in total. The van der Waals surface area contributed by atoms with Crippen molar-refractivity contribution >= 4 is 6.03 Å². The highest BCUT2D eigenvalue weighted by molar-refractivity contribution is 5.70. The first kappa shape index (κ1) is 11.4. The second-order valence-corrected chi connectivity index (χ2v) is 2.24. The number of hydrogen-bond acceptors (Lipinski definition) is 2. The van der Waals surface area contributed by atoms with Crippen molar-refractivity contribution in [3.63, 3.8) is 0 Å². The molecule has 1 aromatic carbocycles. The molecule has 0 fully saturated rings. The third kappa shape index (κ3) is 4.76. The van der Waals surface area contributed by atoms with Gasteiger partial charge in [-0.2, -0.15) is 0 Å². The van der Waals surface area contributed by atoms with Gasteiger partial charge >= 0.3 is 6.03 Å². The molecule has 0 radical (unpaired) electrons.